The van der Waals surface area contributed by atoms with E-state index in [1.807, 2.05) is 12.1 Å². The molecule has 150 valence electrons. The van der Waals surface area contributed by atoms with E-state index < -0.39 is 4.92 Å². The van der Waals surface area contributed by atoms with E-state index in [0.717, 1.165) is 31.9 Å². The summed E-state index contributed by atoms with van der Waals surface area (Å²) in [6.45, 7) is 3.16. The number of nitro benzene ring substituents is 1. The van der Waals surface area contributed by atoms with Crippen molar-refractivity contribution in [3.8, 4) is 6.07 Å². The van der Waals surface area contributed by atoms with Crippen molar-refractivity contribution >= 4 is 11.4 Å². The molecule has 0 radical (unpaired) electrons. The highest BCUT2D eigenvalue weighted by molar-refractivity contribution is 5.63. The number of benzene rings is 3. The van der Waals surface area contributed by atoms with Gasteiger partial charge in [0.05, 0.1) is 22.2 Å². The van der Waals surface area contributed by atoms with E-state index in [-0.39, 0.29) is 11.7 Å². The summed E-state index contributed by atoms with van der Waals surface area (Å²) in [6, 6.07) is 27.8. The fourth-order valence-corrected chi connectivity index (χ4v) is 4.11. The van der Waals surface area contributed by atoms with Gasteiger partial charge in [0.25, 0.3) is 5.69 Å². The molecule has 0 amide bonds. The predicted octanol–water partition coefficient (Wildman–Crippen LogP) is 4.38. The van der Waals surface area contributed by atoms with Crippen molar-refractivity contribution in [2.45, 2.75) is 6.04 Å². The lowest BCUT2D eigenvalue weighted by Crippen LogP contribution is -2.48. The quantitative estimate of drug-likeness (QED) is 0.471. The molecule has 1 fully saturated rings. The molecule has 4 rings (SSSR count). The van der Waals surface area contributed by atoms with E-state index in [9.17, 15) is 15.4 Å². The van der Waals surface area contributed by atoms with E-state index in [1.165, 1.54) is 23.3 Å². The Labute approximate surface area is 175 Å². The highest BCUT2D eigenvalue weighted by atomic mass is 16.6. The molecule has 30 heavy (non-hydrogen) atoms. The van der Waals surface area contributed by atoms with Gasteiger partial charge < -0.3 is 4.90 Å². The summed E-state index contributed by atoms with van der Waals surface area (Å²) in [7, 11) is 0. The second kappa shape index (κ2) is 8.76. The van der Waals surface area contributed by atoms with Gasteiger partial charge >= 0.3 is 0 Å². The van der Waals surface area contributed by atoms with Gasteiger partial charge in [-0.25, -0.2) is 0 Å². The van der Waals surface area contributed by atoms with Gasteiger partial charge in [0.1, 0.15) is 6.07 Å². The Balaban J connectivity index is 1.56. The molecule has 0 aliphatic carbocycles. The summed E-state index contributed by atoms with van der Waals surface area (Å²) in [6.07, 6.45) is 0. The molecule has 1 aliphatic heterocycles. The first-order valence-corrected chi connectivity index (χ1v) is 9.95. The van der Waals surface area contributed by atoms with E-state index in [4.69, 9.17) is 0 Å². The number of non-ortho nitro benzene ring substituents is 1. The Morgan fingerprint density at radius 1 is 0.867 bits per heavy atom. The molecule has 0 unspecified atom stereocenters. The average Bonchev–Trinajstić information content (AvgIpc) is 2.81. The van der Waals surface area contributed by atoms with Gasteiger partial charge in [-0.1, -0.05) is 60.7 Å². The van der Waals surface area contributed by atoms with Gasteiger partial charge in [-0.05, 0) is 17.2 Å². The Hall–Kier alpha value is -3.69. The lowest BCUT2D eigenvalue weighted by molar-refractivity contribution is -0.384. The van der Waals surface area contributed by atoms with Crippen molar-refractivity contribution in [1.29, 1.82) is 5.26 Å². The number of nitro groups is 1. The lowest BCUT2D eigenvalue weighted by atomic mass is 9.96. The van der Waals surface area contributed by atoms with Gasteiger partial charge in [0.2, 0.25) is 0 Å². The van der Waals surface area contributed by atoms with Crippen LogP contribution in [0.15, 0.2) is 78.9 Å². The van der Waals surface area contributed by atoms with Crippen LogP contribution in [0.2, 0.25) is 0 Å². The first-order valence-electron chi connectivity index (χ1n) is 9.95. The summed E-state index contributed by atoms with van der Waals surface area (Å²) in [5.74, 6) is 0. The molecule has 0 bridgehead atoms. The van der Waals surface area contributed by atoms with Gasteiger partial charge in [-0.15, -0.1) is 0 Å². The van der Waals surface area contributed by atoms with Crippen LogP contribution >= 0.6 is 0 Å². The standard InChI is InChI=1S/C24H22N4O2/c25-18-21-17-22(28(29)30)11-12-23(21)26-13-15-27(16-14-26)24(19-7-3-1-4-8-19)20-9-5-2-6-10-20/h1-12,17,24H,13-16H2. The van der Waals surface area contributed by atoms with Crippen molar-refractivity contribution in [1.82, 2.24) is 4.90 Å². The summed E-state index contributed by atoms with van der Waals surface area (Å²) >= 11 is 0. The first-order chi connectivity index (χ1) is 14.7. The van der Waals surface area contributed by atoms with Crippen LogP contribution in [0.25, 0.3) is 0 Å². The molecule has 0 atom stereocenters. The minimum atomic E-state index is -0.465. The number of nitrogens with zero attached hydrogens (tertiary/aromatic N) is 4. The second-order valence-corrected chi connectivity index (χ2v) is 7.32. The van der Waals surface area contributed by atoms with Crippen molar-refractivity contribution in [2.24, 2.45) is 0 Å². The van der Waals surface area contributed by atoms with Crippen LogP contribution < -0.4 is 4.90 Å². The van der Waals surface area contributed by atoms with E-state index in [2.05, 4.69) is 64.4 Å². The second-order valence-electron chi connectivity index (χ2n) is 7.32. The Morgan fingerprint density at radius 3 is 1.93 bits per heavy atom. The predicted molar refractivity (Wildman–Crippen MR) is 116 cm³/mol. The molecule has 6 heteroatoms. The Bertz CT molecular complexity index is 1020. The fourth-order valence-electron chi connectivity index (χ4n) is 4.11. The minimum absolute atomic E-state index is 0.0536. The number of anilines is 1. The molecule has 1 heterocycles. The minimum Gasteiger partial charge on any atom is -0.368 e. The van der Waals surface area contributed by atoms with Gasteiger partial charge in [-0.3, -0.25) is 15.0 Å². The lowest BCUT2D eigenvalue weighted by Gasteiger charge is -2.40. The van der Waals surface area contributed by atoms with Crippen LogP contribution in [0.3, 0.4) is 0 Å². The molecule has 0 aromatic heterocycles. The number of piperazine rings is 1. The maximum absolute atomic E-state index is 11.0. The third-order valence-corrected chi connectivity index (χ3v) is 5.56. The van der Waals surface area contributed by atoms with Gasteiger partial charge in [0, 0.05) is 38.3 Å². The van der Waals surface area contributed by atoms with Crippen molar-refractivity contribution in [3.63, 3.8) is 0 Å². The van der Waals surface area contributed by atoms with Crippen LogP contribution in [-0.4, -0.2) is 36.0 Å². The zero-order valence-corrected chi connectivity index (χ0v) is 16.5. The molecule has 0 saturated carbocycles. The summed E-state index contributed by atoms with van der Waals surface area (Å²) < 4.78 is 0. The topological polar surface area (TPSA) is 73.4 Å². The molecular weight excluding hydrogens is 376 g/mol. The van der Waals surface area contributed by atoms with Crippen LogP contribution in [0.4, 0.5) is 11.4 Å². The van der Waals surface area contributed by atoms with Crippen LogP contribution in [0.5, 0.6) is 0 Å². The number of rotatable bonds is 5. The molecular formula is C24H22N4O2. The molecule has 6 nitrogen and oxygen atoms in total. The summed E-state index contributed by atoms with van der Waals surface area (Å²) in [5, 5.41) is 20.5. The smallest absolute Gasteiger partial charge is 0.270 e. The van der Waals surface area contributed by atoms with Crippen LogP contribution in [0.1, 0.15) is 22.7 Å². The Morgan fingerprint density at radius 2 is 1.43 bits per heavy atom. The zero-order valence-electron chi connectivity index (χ0n) is 16.5. The molecule has 3 aromatic rings. The highest BCUT2D eigenvalue weighted by Gasteiger charge is 2.27. The molecule has 3 aromatic carbocycles. The molecule has 1 saturated heterocycles. The third-order valence-electron chi connectivity index (χ3n) is 5.56. The van der Waals surface area contributed by atoms with Crippen molar-refractivity contribution < 1.29 is 4.92 Å². The Kier molecular flexibility index (Phi) is 5.73. The highest BCUT2D eigenvalue weighted by Crippen LogP contribution is 2.31. The SMILES string of the molecule is N#Cc1cc([N+](=O)[O-])ccc1N1CCN(C(c2ccccc2)c2ccccc2)CC1. The monoisotopic (exact) mass is 398 g/mol. The summed E-state index contributed by atoms with van der Waals surface area (Å²) in [5.41, 5.74) is 3.57. The maximum Gasteiger partial charge on any atom is 0.270 e. The summed E-state index contributed by atoms with van der Waals surface area (Å²) in [4.78, 5) is 15.2. The normalized spacial score (nSPS) is 14.5. The zero-order chi connectivity index (χ0) is 20.9. The third kappa shape index (κ3) is 4.02. The molecule has 0 spiro atoms. The van der Waals surface area contributed by atoms with Gasteiger partial charge in [-0.2, -0.15) is 5.26 Å². The van der Waals surface area contributed by atoms with E-state index in [0.29, 0.717) is 5.56 Å². The van der Waals surface area contributed by atoms with Crippen LogP contribution in [-0.2, 0) is 0 Å². The number of hydrogen-bond acceptors (Lipinski definition) is 5. The van der Waals surface area contributed by atoms with Crippen molar-refractivity contribution in [2.75, 3.05) is 31.1 Å². The first kappa shape index (κ1) is 19.6. The van der Waals surface area contributed by atoms with E-state index >= 15 is 0 Å². The maximum atomic E-state index is 11.0. The average molecular weight is 398 g/mol. The van der Waals surface area contributed by atoms with Crippen molar-refractivity contribution in [3.05, 3.63) is 106 Å². The largest absolute Gasteiger partial charge is 0.368 e. The van der Waals surface area contributed by atoms with Gasteiger partial charge in [0.15, 0.2) is 0 Å². The number of nitriles is 1. The fraction of sp³-hybridized carbons (Fsp3) is 0.208. The number of hydrogen-bond donors (Lipinski definition) is 0. The van der Waals surface area contributed by atoms with E-state index in [1.54, 1.807) is 6.07 Å². The van der Waals surface area contributed by atoms with Crippen LogP contribution in [0, 0.1) is 21.4 Å². The molecule has 1 aliphatic rings. The molecule has 0 N–H and O–H groups in total.